The summed E-state index contributed by atoms with van der Waals surface area (Å²) in [5, 5.41) is 3.09. The van der Waals surface area contributed by atoms with Crippen molar-refractivity contribution in [2.45, 2.75) is 43.8 Å². The van der Waals surface area contributed by atoms with E-state index < -0.39 is 9.84 Å². The van der Waals surface area contributed by atoms with Gasteiger partial charge in [0.1, 0.15) is 18.2 Å². The van der Waals surface area contributed by atoms with Gasteiger partial charge < -0.3 is 29.2 Å². The van der Waals surface area contributed by atoms with Crippen molar-refractivity contribution in [3.05, 3.63) is 24.5 Å². The fraction of sp³-hybridized carbons (Fsp3) is 0.500. The van der Waals surface area contributed by atoms with Crippen LogP contribution < -0.4 is 19.5 Å². The van der Waals surface area contributed by atoms with E-state index in [2.05, 4.69) is 15.3 Å². The highest BCUT2D eigenvalue weighted by atomic mass is 32.2. The number of hydrogen-bond donors (Lipinski definition) is 1. The topological polar surface area (TPSA) is 129 Å². The number of piperidine rings is 1. The van der Waals surface area contributed by atoms with Crippen molar-refractivity contribution in [2.75, 3.05) is 38.9 Å². The lowest BCUT2D eigenvalue weighted by Crippen LogP contribution is -2.42. The molecular weight excluding hydrogens is 464 g/mol. The number of amides is 1. The van der Waals surface area contributed by atoms with Crippen molar-refractivity contribution in [1.29, 1.82) is 0 Å². The Labute approximate surface area is 199 Å². The maximum absolute atomic E-state index is 12.1. The Morgan fingerprint density at radius 3 is 2.44 bits per heavy atom. The van der Waals surface area contributed by atoms with Crippen LogP contribution in [-0.4, -0.2) is 75.2 Å². The second-order valence-corrected chi connectivity index (χ2v) is 10.1. The minimum absolute atomic E-state index is 0.136. The Hall–Kier alpha value is -3.28. The second kappa shape index (κ2) is 10.8. The van der Waals surface area contributed by atoms with E-state index in [0.717, 1.165) is 6.26 Å². The van der Waals surface area contributed by atoms with Crippen LogP contribution in [0.1, 0.15) is 26.7 Å². The van der Waals surface area contributed by atoms with E-state index in [1.54, 1.807) is 11.0 Å². The largest absolute Gasteiger partial charge is 0.495 e. The Morgan fingerprint density at radius 2 is 1.85 bits per heavy atom. The van der Waals surface area contributed by atoms with Crippen LogP contribution in [0.2, 0.25) is 0 Å². The highest BCUT2D eigenvalue weighted by Crippen LogP contribution is 2.37. The standard InChI is InChI=1S/C22H30N4O7S/c1-14(2)32-22(27)26-10-8-15(9-11-26)33-21-19(31-4)20(23-13-24-21)25-17-7-6-16(34(5,28)29)12-18(17)30-3/h6-7,12-15H,8-11H2,1-5H3,(H,23,24,25). The highest BCUT2D eigenvalue weighted by Gasteiger charge is 2.27. The van der Waals surface area contributed by atoms with Crippen molar-refractivity contribution >= 4 is 27.4 Å². The van der Waals surface area contributed by atoms with Crippen molar-refractivity contribution < 1.29 is 32.2 Å². The van der Waals surface area contributed by atoms with Crippen molar-refractivity contribution in [3.63, 3.8) is 0 Å². The third-order valence-electron chi connectivity index (χ3n) is 5.14. The summed E-state index contributed by atoms with van der Waals surface area (Å²) in [7, 11) is -0.463. The van der Waals surface area contributed by atoms with Crippen molar-refractivity contribution in [1.82, 2.24) is 14.9 Å². The average Bonchev–Trinajstić information content (AvgIpc) is 2.79. The molecule has 12 heteroatoms. The van der Waals surface area contributed by atoms with Crippen molar-refractivity contribution in [3.8, 4) is 17.4 Å². The summed E-state index contributed by atoms with van der Waals surface area (Å²) in [6.07, 6.45) is 3.04. The van der Waals surface area contributed by atoms with Gasteiger partial charge in [-0.1, -0.05) is 0 Å². The molecule has 0 spiro atoms. The van der Waals surface area contributed by atoms with Gasteiger partial charge in [0, 0.05) is 38.3 Å². The van der Waals surface area contributed by atoms with Crippen LogP contribution in [0.25, 0.3) is 0 Å². The molecule has 0 radical (unpaired) electrons. The molecule has 186 valence electrons. The van der Waals surface area contributed by atoms with Crippen LogP contribution in [0.15, 0.2) is 29.4 Å². The number of carbonyl (C=O) groups is 1. The molecule has 34 heavy (non-hydrogen) atoms. The predicted octanol–water partition coefficient (Wildman–Crippen LogP) is 3.03. The van der Waals surface area contributed by atoms with Gasteiger partial charge in [-0.3, -0.25) is 0 Å². The minimum Gasteiger partial charge on any atom is -0.495 e. The lowest BCUT2D eigenvalue weighted by molar-refractivity contribution is 0.0500. The fourth-order valence-electron chi connectivity index (χ4n) is 3.44. The van der Waals surface area contributed by atoms with E-state index in [9.17, 15) is 13.2 Å². The van der Waals surface area contributed by atoms with Gasteiger partial charge in [-0.2, -0.15) is 4.98 Å². The van der Waals surface area contributed by atoms with Crippen LogP contribution in [0.5, 0.6) is 17.4 Å². The second-order valence-electron chi connectivity index (χ2n) is 8.06. The number of hydrogen-bond acceptors (Lipinski definition) is 10. The zero-order valence-electron chi connectivity index (χ0n) is 19.9. The fourth-order valence-corrected chi connectivity index (χ4v) is 4.07. The van der Waals surface area contributed by atoms with Gasteiger partial charge in [-0.25, -0.2) is 18.2 Å². The highest BCUT2D eigenvalue weighted by molar-refractivity contribution is 7.90. The number of rotatable bonds is 8. The Balaban J connectivity index is 1.74. The van der Waals surface area contributed by atoms with E-state index in [1.807, 2.05) is 13.8 Å². The van der Waals surface area contributed by atoms with Crippen LogP contribution in [-0.2, 0) is 14.6 Å². The molecule has 0 aliphatic carbocycles. The molecule has 1 aliphatic rings. The molecule has 0 unspecified atom stereocenters. The first kappa shape index (κ1) is 25.3. The summed E-state index contributed by atoms with van der Waals surface area (Å²) < 4.78 is 45.9. The number of aromatic nitrogens is 2. The molecular formula is C22H30N4O7S. The monoisotopic (exact) mass is 494 g/mol. The minimum atomic E-state index is -3.39. The lowest BCUT2D eigenvalue weighted by atomic mass is 10.1. The molecule has 1 amide bonds. The first-order valence-electron chi connectivity index (χ1n) is 10.8. The number of nitrogens with one attached hydrogen (secondary N) is 1. The summed E-state index contributed by atoms with van der Waals surface area (Å²) in [6, 6.07) is 4.49. The summed E-state index contributed by atoms with van der Waals surface area (Å²) in [5.41, 5.74) is 0.495. The number of ether oxygens (including phenoxy) is 4. The van der Waals surface area contributed by atoms with Crippen LogP contribution in [0.4, 0.5) is 16.3 Å². The molecule has 0 atom stereocenters. The maximum atomic E-state index is 12.1. The zero-order chi connectivity index (χ0) is 24.9. The molecule has 0 bridgehead atoms. The number of nitrogens with zero attached hydrogens (tertiary/aromatic N) is 3. The smallest absolute Gasteiger partial charge is 0.410 e. The molecule has 1 saturated heterocycles. The summed E-state index contributed by atoms with van der Waals surface area (Å²) in [5.74, 6) is 1.20. The molecule has 1 N–H and O–H groups in total. The number of methoxy groups -OCH3 is 2. The summed E-state index contributed by atoms with van der Waals surface area (Å²) in [4.78, 5) is 22.3. The van der Waals surface area contributed by atoms with E-state index in [1.165, 1.54) is 32.7 Å². The average molecular weight is 495 g/mol. The molecule has 1 fully saturated rings. The number of benzene rings is 1. The number of sulfone groups is 1. The van der Waals surface area contributed by atoms with Gasteiger partial charge in [-0.15, -0.1) is 0 Å². The third-order valence-corrected chi connectivity index (χ3v) is 6.25. The van der Waals surface area contributed by atoms with E-state index in [0.29, 0.717) is 48.9 Å². The molecule has 11 nitrogen and oxygen atoms in total. The molecule has 2 heterocycles. The van der Waals surface area contributed by atoms with Gasteiger partial charge in [0.15, 0.2) is 15.7 Å². The first-order valence-corrected chi connectivity index (χ1v) is 12.7. The van der Waals surface area contributed by atoms with Gasteiger partial charge in [0.25, 0.3) is 5.88 Å². The van der Waals surface area contributed by atoms with E-state index >= 15 is 0 Å². The summed E-state index contributed by atoms with van der Waals surface area (Å²) >= 11 is 0. The predicted molar refractivity (Wildman–Crippen MR) is 125 cm³/mol. The van der Waals surface area contributed by atoms with Crippen LogP contribution in [0, 0.1) is 0 Å². The Bertz CT molecular complexity index is 1120. The maximum Gasteiger partial charge on any atom is 0.410 e. The Morgan fingerprint density at radius 1 is 1.15 bits per heavy atom. The number of likely N-dealkylation sites (tertiary alicyclic amines) is 1. The normalized spacial score (nSPS) is 14.6. The SMILES string of the molecule is COc1cc(S(C)(=O)=O)ccc1Nc1ncnc(OC2CCN(C(=O)OC(C)C)CC2)c1OC. The van der Waals surface area contributed by atoms with Crippen LogP contribution >= 0.6 is 0 Å². The molecule has 3 rings (SSSR count). The molecule has 1 aromatic heterocycles. The van der Waals surface area contributed by atoms with Gasteiger partial charge in [-0.05, 0) is 26.0 Å². The van der Waals surface area contributed by atoms with Gasteiger partial charge in [0.05, 0.1) is 30.9 Å². The summed E-state index contributed by atoms with van der Waals surface area (Å²) in [6.45, 7) is 4.66. The molecule has 1 aliphatic heterocycles. The quantitative estimate of drug-likeness (QED) is 0.584. The molecule has 0 saturated carbocycles. The zero-order valence-corrected chi connectivity index (χ0v) is 20.7. The van der Waals surface area contributed by atoms with E-state index in [4.69, 9.17) is 18.9 Å². The Kier molecular flexibility index (Phi) is 8.02. The number of anilines is 2. The molecule has 1 aromatic carbocycles. The van der Waals surface area contributed by atoms with E-state index in [-0.39, 0.29) is 29.1 Å². The first-order chi connectivity index (χ1) is 16.1. The molecule has 2 aromatic rings. The van der Waals surface area contributed by atoms with Gasteiger partial charge in [0.2, 0.25) is 5.75 Å². The van der Waals surface area contributed by atoms with Gasteiger partial charge >= 0.3 is 6.09 Å². The third kappa shape index (κ3) is 6.19. The van der Waals surface area contributed by atoms with Crippen molar-refractivity contribution in [2.24, 2.45) is 0 Å². The lowest BCUT2D eigenvalue weighted by Gasteiger charge is -2.31. The number of carbonyl (C=O) groups excluding carboxylic acids is 1. The van der Waals surface area contributed by atoms with Crippen LogP contribution in [0.3, 0.4) is 0 Å².